The molecule has 0 radical (unpaired) electrons. The molecule has 0 aromatic heterocycles. The van der Waals surface area contributed by atoms with Gasteiger partial charge in [0.2, 0.25) is 0 Å². The molecule has 170 valence electrons. The van der Waals surface area contributed by atoms with E-state index >= 15 is 0 Å². The van der Waals surface area contributed by atoms with Crippen LogP contribution in [0.4, 0.5) is 4.79 Å². The first-order valence-electron chi connectivity index (χ1n) is 11.3. The Morgan fingerprint density at radius 2 is 1.50 bits per heavy atom. The minimum absolute atomic E-state index is 0.0153. The van der Waals surface area contributed by atoms with Crippen molar-refractivity contribution in [2.24, 2.45) is 0 Å². The quantitative estimate of drug-likeness (QED) is 0.620. The highest BCUT2D eigenvalue weighted by Crippen LogP contribution is 2.21. The van der Waals surface area contributed by atoms with Crippen molar-refractivity contribution in [3.8, 4) is 11.5 Å². The average Bonchev–Trinajstić information content (AvgIpc) is 3.36. The van der Waals surface area contributed by atoms with E-state index < -0.39 is 0 Å². The van der Waals surface area contributed by atoms with Crippen LogP contribution in [0, 0.1) is 0 Å². The molecule has 2 aromatic carbocycles. The number of piperazine rings is 1. The Labute approximate surface area is 189 Å². The molecular weight excluding hydrogens is 406 g/mol. The summed E-state index contributed by atoms with van der Waals surface area (Å²) < 4.78 is 10.8. The molecule has 7 nitrogen and oxygen atoms in total. The molecule has 0 N–H and O–H groups in total. The van der Waals surface area contributed by atoms with Gasteiger partial charge in [0.05, 0.1) is 19.2 Å². The number of amides is 1. The van der Waals surface area contributed by atoms with Crippen LogP contribution in [0.25, 0.3) is 0 Å². The molecule has 0 unspecified atom stereocenters. The second kappa shape index (κ2) is 10.6. The van der Waals surface area contributed by atoms with Crippen LogP contribution in [0.3, 0.4) is 0 Å². The van der Waals surface area contributed by atoms with Gasteiger partial charge in [0.15, 0.2) is 5.78 Å². The molecule has 7 heteroatoms. The number of Topliss-reactive ketones (excluding diaryl/α,β-unsaturated/α-hetero) is 1. The first-order valence-corrected chi connectivity index (χ1v) is 11.3. The van der Waals surface area contributed by atoms with Crippen LogP contribution in [-0.4, -0.2) is 79.5 Å². The number of rotatable bonds is 7. The molecule has 2 aliphatic heterocycles. The van der Waals surface area contributed by atoms with Crippen LogP contribution >= 0.6 is 0 Å². The summed E-state index contributed by atoms with van der Waals surface area (Å²) >= 11 is 0. The summed E-state index contributed by atoms with van der Waals surface area (Å²) in [4.78, 5) is 31.6. The number of ether oxygens (including phenoxy) is 2. The Morgan fingerprint density at radius 3 is 2.19 bits per heavy atom. The van der Waals surface area contributed by atoms with E-state index in [-0.39, 0.29) is 11.9 Å². The molecule has 32 heavy (non-hydrogen) atoms. The molecule has 0 bridgehead atoms. The van der Waals surface area contributed by atoms with Gasteiger partial charge in [0, 0.05) is 45.8 Å². The molecule has 0 saturated carbocycles. The van der Waals surface area contributed by atoms with Crippen LogP contribution in [0.5, 0.6) is 11.5 Å². The van der Waals surface area contributed by atoms with Gasteiger partial charge in [-0.25, -0.2) is 4.79 Å². The molecular formula is C25H31N3O4. The minimum atomic E-state index is -0.366. The van der Waals surface area contributed by atoms with Gasteiger partial charge in [0.1, 0.15) is 11.5 Å². The van der Waals surface area contributed by atoms with Crippen molar-refractivity contribution < 1.29 is 19.1 Å². The van der Waals surface area contributed by atoms with Gasteiger partial charge in [-0.1, -0.05) is 24.3 Å². The number of para-hydroxylation sites is 1. The van der Waals surface area contributed by atoms with E-state index in [4.69, 9.17) is 9.47 Å². The lowest BCUT2D eigenvalue weighted by molar-refractivity contribution is 0.0841. The third-order valence-electron chi connectivity index (χ3n) is 6.15. The fraction of sp³-hybridized carbons (Fsp3) is 0.440. The van der Waals surface area contributed by atoms with E-state index in [1.165, 1.54) is 5.56 Å². The predicted molar refractivity (Wildman–Crippen MR) is 122 cm³/mol. The highest BCUT2D eigenvalue weighted by molar-refractivity contribution is 6.00. The summed E-state index contributed by atoms with van der Waals surface area (Å²) in [7, 11) is 1.67. The Balaban J connectivity index is 1.29. The maximum atomic E-state index is 13.0. The molecule has 2 heterocycles. The Kier molecular flexibility index (Phi) is 7.39. The van der Waals surface area contributed by atoms with Crippen molar-refractivity contribution in [3.05, 3.63) is 59.7 Å². The highest BCUT2D eigenvalue weighted by atomic mass is 16.6. The number of carbonyl (C=O) groups excluding carboxylic acids is 2. The van der Waals surface area contributed by atoms with Gasteiger partial charge in [-0.05, 0) is 42.7 Å². The van der Waals surface area contributed by atoms with E-state index in [0.29, 0.717) is 17.9 Å². The maximum absolute atomic E-state index is 13.0. The largest absolute Gasteiger partial charge is 0.497 e. The van der Waals surface area contributed by atoms with Crippen LogP contribution in [0.2, 0.25) is 0 Å². The van der Waals surface area contributed by atoms with Crippen molar-refractivity contribution in [2.45, 2.75) is 19.4 Å². The Morgan fingerprint density at radius 1 is 0.844 bits per heavy atom. The van der Waals surface area contributed by atoms with E-state index in [1.54, 1.807) is 30.2 Å². The maximum Gasteiger partial charge on any atom is 0.415 e. The third kappa shape index (κ3) is 5.66. The van der Waals surface area contributed by atoms with Crippen molar-refractivity contribution in [2.75, 3.05) is 52.9 Å². The van der Waals surface area contributed by atoms with E-state index in [9.17, 15) is 9.59 Å². The first-order chi connectivity index (χ1) is 15.6. The predicted octanol–water partition coefficient (Wildman–Crippen LogP) is 3.29. The standard InChI is InChI=1S/C25H31N3O4/c1-31-21-10-8-20(9-11-21)18-26-14-16-27(17-15-26)19-23(29)22-6-2-3-7-24(22)32-25(30)28-12-4-5-13-28/h2-3,6-11H,4-5,12-19H2,1H3. The van der Waals surface area contributed by atoms with E-state index in [2.05, 4.69) is 21.9 Å². The number of ketones is 1. The summed E-state index contributed by atoms with van der Waals surface area (Å²) in [5.41, 5.74) is 1.73. The summed E-state index contributed by atoms with van der Waals surface area (Å²) in [6.45, 7) is 6.13. The SMILES string of the molecule is COc1ccc(CN2CCN(CC(=O)c3ccccc3OC(=O)N3CCCC3)CC2)cc1. The highest BCUT2D eigenvalue weighted by Gasteiger charge is 2.24. The van der Waals surface area contributed by atoms with E-state index in [1.807, 2.05) is 18.2 Å². The van der Waals surface area contributed by atoms with Crippen LogP contribution < -0.4 is 9.47 Å². The van der Waals surface area contributed by atoms with Gasteiger partial charge >= 0.3 is 6.09 Å². The van der Waals surface area contributed by atoms with Gasteiger partial charge < -0.3 is 14.4 Å². The molecule has 0 spiro atoms. The molecule has 4 rings (SSSR count). The normalized spacial score (nSPS) is 17.3. The average molecular weight is 438 g/mol. The van der Waals surface area contributed by atoms with Gasteiger partial charge in [-0.2, -0.15) is 0 Å². The fourth-order valence-electron chi connectivity index (χ4n) is 4.23. The summed E-state index contributed by atoms with van der Waals surface area (Å²) in [6, 6.07) is 15.2. The summed E-state index contributed by atoms with van der Waals surface area (Å²) in [5, 5.41) is 0. The van der Waals surface area contributed by atoms with Gasteiger partial charge in [-0.15, -0.1) is 0 Å². The molecule has 2 fully saturated rings. The number of methoxy groups -OCH3 is 1. The van der Waals surface area contributed by atoms with Crippen LogP contribution in [0.15, 0.2) is 48.5 Å². The lowest BCUT2D eigenvalue weighted by atomic mass is 10.1. The molecule has 0 atom stereocenters. The smallest absolute Gasteiger partial charge is 0.415 e. The topological polar surface area (TPSA) is 62.3 Å². The third-order valence-corrected chi connectivity index (χ3v) is 6.15. The summed E-state index contributed by atoms with van der Waals surface area (Å²) in [5.74, 6) is 1.20. The molecule has 1 amide bonds. The van der Waals surface area contributed by atoms with Gasteiger partial charge in [-0.3, -0.25) is 14.6 Å². The number of likely N-dealkylation sites (tertiary alicyclic amines) is 1. The molecule has 2 aromatic rings. The van der Waals surface area contributed by atoms with Crippen molar-refractivity contribution >= 4 is 11.9 Å². The van der Waals surface area contributed by atoms with Crippen LogP contribution in [0.1, 0.15) is 28.8 Å². The van der Waals surface area contributed by atoms with Crippen molar-refractivity contribution in [1.29, 1.82) is 0 Å². The van der Waals surface area contributed by atoms with E-state index in [0.717, 1.165) is 64.4 Å². The number of carbonyl (C=O) groups is 2. The number of nitrogens with zero attached hydrogens (tertiary/aromatic N) is 3. The molecule has 0 aliphatic carbocycles. The number of hydrogen-bond donors (Lipinski definition) is 0. The van der Waals surface area contributed by atoms with Crippen molar-refractivity contribution in [1.82, 2.24) is 14.7 Å². The molecule has 2 aliphatic rings. The second-order valence-corrected chi connectivity index (χ2v) is 8.38. The van der Waals surface area contributed by atoms with Gasteiger partial charge in [0.25, 0.3) is 0 Å². The monoisotopic (exact) mass is 437 g/mol. The minimum Gasteiger partial charge on any atom is -0.497 e. The number of hydrogen-bond acceptors (Lipinski definition) is 6. The fourth-order valence-corrected chi connectivity index (χ4v) is 4.23. The summed E-state index contributed by atoms with van der Waals surface area (Å²) in [6.07, 6.45) is 1.63. The Bertz CT molecular complexity index is 917. The first kappa shape index (κ1) is 22.3. The lowest BCUT2D eigenvalue weighted by Gasteiger charge is -2.34. The molecule has 2 saturated heterocycles. The zero-order chi connectivity index (χ0) is 22.3. The van der Waals surface area contributed by atoms with Crippen LogP contribution in [-0.2, 0) is 6.54 Å². The zero-order valence-electron chi connectivity index (χ0n) is 18.7. The lowest BCUT2D eigenvalue weighted by Crippen LogP contribution is -2.47. The number of benzene rings is 2. The second-order valence-electron chi connectivity index (χ2n) is 8.38. The van der Waals surface area contributed by atoms with Crippen molar-refractivity contribution in [3.63, 3.8) is 0 Å². The zero-order valence-corrected chi connectivity index (χ0v) is 18.7. The Hall–Kier alpha value is -2.90.